The minimum atomic E-state index is -0.777. The lowest BCUT2D eigenvalue weighted by molar-refractivity contribution is -0.140. The van der Waals surface area contributed by atoms with Crippen LogP contribution in [0, 0.1) is 11.3 Å². The number of anilines is 1. The molecule has 36 heavy (non-hydrogen) atoms. The topological polar surface area (TPSA) is 100 Å². The molecule has 3 rings (SSSR count). The fourth-order valence-electron chi connectivity index (χ4n) is 3.52. The van der Waals surface area contributed by atoms with Crippen molar-refractivity contribution in [3.05, 3.63) is 85.0 Å². The summed E-state index contributed by atoms with van der Waals surface area (Å²) in [4.78, 5) is 25.6. The van der Waals surface area contributed by atoms with E-state index in [9.17, 15) is 14.9 Å². The molecule has 1 amide bonds. The van der Waals surface area contributed by atoms with Crippen LogP contribution < -0.4 is 10.6 Å². The smallest absolute Gasteiger partial charge is 0.336 e. The van der Waals surface area contributed by atoms with E-state index < -0.39 is 11.9 Å². The predicted molar refractivity (Wildman–Crippen MR) is 143 cm³/mol. The summed E-state index contributed by atoms with van der Waals surface area (Å²) in [5.41, 5.74) is 2.08. The number of dihydropyridines is 1. The molecule has 1 heterocycles. The van der Waals surface area contributed by atoms with E-state index in [2.05, 4.69) is 16.7 Å². The maximum absolute atomic E-state index is 13.0. The van der Waals surface area contributed by atoms with Crippen LogP contribution in [0.25, 0.3) is 0 Å². The molecule has 1 atom stereocenters. The van der Waals surface area contributed by atoms with Crippen LogP contribution in [0.5, 0.6) is 0 Å². The highest BCUT2D eigenvalue weighted by molar-refractivity contribution is 8.03. The van der Waals surface area contributed by atoms with Crippen molar-refractivity contribution in [2.24, 2.45) is 0 Å². The third-order valence-corrected chi connectivity index (χ3v) is 7.26. The number of halogens is 3. The molecular formula is C25H22Cl3N3O4S. The molecule has 0 fully saturated rings. The summed E-state index contributed by atoms with van der Waals surface area (Å²) < 4.78 is 10.3. The number of thioether (sulfide) groups is 1. The van der Waals surface area contributed by atoms with Crippen LogP contribution in [0.1, 0.15) is 18.4 Å². The number of ether oxygens (including phenoxy) is 2. The van der Waals surface area contributed by atoms with E-state index in [-0.39, 0.29) is 36.0 Å². The highest BCUT2D eigenvalue weighted by Gasteiger charge is 2.36. The number of methoxy groups -OCH3 is 1. The highest BCUT2D eigenvalue weighted by atomic mass is 35.5. The molecule has 0 aromatic heterocycles. The molecule has 0 bridgehead atoms. The van der Waals surface area contributed by atoms with E-state index in [4.69, 9.17) is 44.3 Å². The van der Waals surface area contributed by atoms with Gasteiger partial charge in [0.05, 0.1) is 50.6 Å². The van der Waals surface area contributed by atoms with Crippen LogP contribution in [0.15, 0.2) is 64.3 Å². The van der Waals surface area contributed by atoms with Gasteiger partial charge in [0.1, 0.15) is 6.61 Å². The number of benzene rings is 2. The Morgan fingerprint density at radius 1 is 1.11 bits per heavy atom. The molecule has 0 radical (unpaired) electrons. The Kier molecular flexibility index (Phi) is 10.1. The Labute approximate surface area is 228 Å². The summed E-state index contributed by atoms with van der Waals surface area (Å²) in [5, 5.41) is 17.5. The summed E-state index contributed by atoms with van der Waals surface area (Å²) in [6.45, 7) is 2.00. The largest absolute Gasteiger partial charge is 0.460 e. The van der Waals surface area contributed by atoms with Gasteiger partial charge in [-0.15, -0.1) is 0 Å². The second kappa shape index (κ2) is 13.0. The van der Waals surface area contributed by atoms with E-state index in [1.54, 1.807) is 49.4 Å². The third-order valence-electron chi connectivity index (χ3n) is 5.16. The first-order valence-corrected chi connectivity index (χ1v) is 12.8. The molecule has 1 aliphatic heterocycles. The zero-order chi connectivity index (χ0) is 26.2. The molecule has 2 aromatic carbocycles. The number of hydrogen-bond donors (Lipinski definition) is 2. The van der Waals surface area contributed by atoms with E-state index in [1.165, 1.54) is 7.11 Å². The number of nitriles is 1. The fourth-order valence-corrected chi connectivity index (χ4v) is 4.96. The molecule has 188 valence electrons. The average Bonchev–Trinajstić information content (AvgIpc) is 2.85. The van der Waals surface area contributed by atoms with Crippen molar-refractivity contribution in [3.63, 3.8) is 0 Å². The van der Waals surface area contributed by atoms with Crippen LogP contribution in [0.4, 0.5) is 5.69 Å². The lowest BCUT2D eigenvalue weighted by Gasteiger charge is -2.29. The highest BCUT2D eigenvalue weighted by Crippen LogP contribution is 2.43. The molecule has 0 aliphatic carbocycles. The molecule has 1 unspecified atom stereocenters. The van der Waals surface area contributed by atoms with Gasteiger partial charge in [-0.25, -0.2) is 4.79 Å². The van der Waals surface area contributed by atoms with Gasteiger partial charge in [-0.2, -0.15) is 5.26 Å². The van der Waals surface area contributed by atoms with E-state index in [0.717, 1.165) is 11.8 Å². The van der Waals surface area contributed by atoms with E-state index >= 15 is 0 Å². The number of esters is 1. The zero-order valence-corrected chi connectivity index (χ0v) is 22.4. The van der Waals surface area contributed by atoms with Crippen molar-refractivity contribution < 1.29 is 19.1 Å². The lowest BCUT2D eigenvalue weighted by atomic mass is 9.82. The van der Waals surface area contributed by atoms with Crippen molar-refractivity contribution in [1.82, 2.24) is 5.32 Å². The van der Waals surface area contributed by atoms with Gasteiger partial charge in [0.15, 0.2) is 0 Å². The van der Waals surface area contributed by atoms with Crippen molar-refractivity contribution >= 4 is 64.1 Å². The Morgan fingerprint density at radius 3 is 2.53 bits per heavy atom. The van der Waals surface area contributed by atoms with Gasteiger partial charge < -0.3 is 20.1 Å². The van der Waals surface area contributed by atoms with Crippen molar-refractivity contribution in [2.45, 2.75) is 12.8 Å². The maximum atomic E-state index is 13.0. The van der Waals surface area contributed by atoms with Crippen LogP contribution in [0.3, 0.4) is 0 Å². The number of hydrogen-bond acceptors (Lipinski definition) is 7. The molecule has 2 aromatic rings. The van der Waals surface area contributed by atoms with Gasteiger partial charge in [0.25, 0.3) is 0 Å². The van der Waals surface area contributed by atoms with Crippen molar-refractivity contribution in [2.75, 3.05) is 31.4 Å². The van der Waals surface area contributed by atoms with E-state index in [1.807, 2.05) is 0 Å². The number of rotatable bonds is 9. The summed E-state index contributed by atoms with van der Waals surface area (Å²) >= 11 is 19.5. The number of nitrogens with zero attached hydrogens (tertiary/aromatic N) is 1. The molecule has 0 spiro atoms. The van der Waals surface area contributed by atoms with Gasteiger partial charge in [-0.1, -0.05) is 64.8 Å². The minimum Gasteiger partial charge on any atom is -0.460 e. The molecular weight excluding hydrogens is 545 g/mol. The summed E-state index contributed by atoms with van der Waals surface area (Å²) in [6.07, 6.45) is 0. The second-order valence-corrected chi connectivity index (χ2v) is 9.77. The Hall–Kier alpha value is -2.67. The molecule has 7 nitrogen and oxygen atoms in total. The van der Waals surface area contributed by atoms with Crippen LogP contribution in [0.2, 0.25) is 15.1 Å². The normalized spacial score (nSPS) is 15.3. The molecule has 1 aliphatic rings. The number of allylic oxidation sites excluding steroid dienone is 2. The van der Waals surface area contributed by atoms with Gasteiger partial charge in [0.2, 0.25) is 5.91 Å². The number of amides is 1. The molecule has 0 saturated carbocycles. The number of nitrogens with one attached hydrogen (secondary N) is 2. The van der Waals surface area contributed by atoms with Gasteiger partial charge in [-0.3, -0.25) is 4.79 Å². The maximum Gasteiger partial charge on any atom is 0.336 e. The Bertz CT molecular complexity index is 1270. The Morgan fingerprint density at radius 2 is 1.86 bits per heavy atom. The standard InChI is InChI=1S/C25H22Cl3N3O4S/c1-14-22(25(33)35-10-9-34-2)23(16-5-3-4-6-18(16)26)17(12-29)24(30-14)36-13-21(32)31-15-7-8-19(27)20(28)11-15/h3-8,11,23,30H,9-10,13H2,1-2H3,(H,31,32). The molecule has 11 heteroatoms. The van der Waals surface area contributed by atoms with Gasteiger partial charge in [-0.05, 0) is 36.8 Å². The average molecular weight is 567 g/mol. The quantitative estimate of drug-likeness (QED) is 0.288. The summed E-state index contributed by atoms with van der Waals surface area (Å²) in [5.74, 6) is -1.69. The fraction of sp³-hybridized carbons (Fsp3) is 0.240. The first kappa shape index (κ1) is 27.9. The number of carbonyl (C=O) groups is 2. The summed E-state index contributed by atoms with van der Waals surface area (Å²) in [7, 11) is 1.50. The van der Waals surface area contributed by atoms with Crippen molar-refractivity contribution in [1.29, 1.82) is 5.26 Å². The SMILES string of the molecule is COCCOC(=O)C1=C(C)NC(SCC(=O)Nc2ccc(Cl)c(Cl)c2)=C(C#N)C1c1ccccc1Cl. The Balaban J connectivity index is 1.88. The van der Waals surface area contributed by atoms with Crippen LogP contribution in [-0.4, -0.2) is 38.0 Å². The predicted octanol–water partition coefficient (Wildman–Crippen LogP) is 5.90. The molecule has 2 N–H and O–H groups in total. The first-order valence-electron chi connectivity index (χ1n) is 10.7. The zero-order valence-electron chi connectivity index (χ0n) is 19.4. The third kappa shape index (κ3) is 6.75. The van der Waals surface area contributed by atoms with Gasteiger partial charge in [0, 0.05) is 23.5 Å². The minimum absolute atomic E-state index is 0.0100. The second-order valence-electron chi connectivity index (χ2n) is 7.57. The first-order chi connectivity index (χ1) is 17.3. The summed E-state index contributed by atoms with van der Waals surface area (Å²) in [6, 6.07) is 13.9. The van der Waals surface area contributed by atoms with Crippen LogP contribution in [-0.2, 0) is 19.1 Å². The van der Waals surface area contributed by atoms with Gasteiger partial charge >= 0.3 is 5.97 Å². The lowest BCUT2D eigenvalue weighted by Crippen LogP contribution is -2.30. The van der Waals surface area contributed by atoms with Crippen molar-refractivity contribution in [3.8, 4) is 6.07 Å². The number of carbonyl (C=O) groups excluding carboxylic acids is 2. The molecule has 0 saturated heterocycles. The van der Waals surface area contributed by atoms with E-state index in [0.29, 0.717) is 37.0 Å². The van der Waals surface area contributed by atoms with Crippen LogP contribution >= 0.6 is 46.6 Å². The monoisotopic (exact) mass is 565 g/mol.